The molecule has 0 saturated carbocycles. The van der Waals surface area contributed by atoms with Crippen molar-refractivity contribution in [3.63, 3.8) is 0 Å². The van der Waals surface area contributed by atoms with Crippen molar-refractivity contribution in [2.24, 2.45) is 0 Å². The molecule has 0 heterocycles. The van der Waals surface area contributed by atoms with Crippen molar-refractivity contribution in [2.45, 2.75) is 19.6 Å². The molecule has 0 aliphatic heterocycles. The summed E-state index contributed by atoms with van der Waals surface area (Å²) in [6, 6.07) is 0. The summed E-state index contributed by atoms with van der Waals surface area (Å²) in [5, 5.41) is 1.28. The second-order valence-electron chi connectivity index (χ2n) is 1.56. The average Bonchev–Trinajstić information content (AvgIpc) is 1.78. The van der Waals surface area contributed by atoms with Crippen LogP contribution in [-0.2, 0) is 0 Å². The van der Waals surface area contributed by atoms with Crippen molar-refractivity contribution in [1.82, 2.24) is 5.32 Å². The van der Waals surface area contributed by atoms with E-state index in [0.717, 1.165) is 0 Å². The molecule has 0 aliphatic rings. The van der Waals surface area contributed by atoms with E-state index in [2.05, 4.69) is 11.8 Å². The molecule has 0 aliphatic carbocycles. The van der Waals surface area contributed by atoms with Gasteiger partial charge in [0.05, 0.1) is 6.54 Å². The number of nitrogens with one attached hydrogen (secondary N) is 1. The van der Waals surface area contributed by atoms with E-state index < -0.39 is 6.30 Å². The Morgan fingerprint density at radius 1 is 1.30 bits per heavy atom. The molecular formula is C6H8F3N. The largest absolute Gasteiger partial charge is 0.458 e. The molecule has 0 spiro atoms. The summed E-state index contributed by atoms with van der Waals surface area (Å²) in [5.74, 6) is 4.82. The highest BCUT2D eigenvalue weighted by Gasteiger charge is 2.24. The SMILES string of the molecule is CCC#CCNC(F)(F)F. The summed E-state index contributed by atoms with van der Waals surface area (Å²) in [6.07, 6.45) is -3.72. The Kier molecular flexibility index (Phi) is 3.89. The molecule has 1 N–H and O–H groups in total. The fourth-order valence-electron chi connectivity index (χ4n) is 0.332. The molecule has 0 fully saturated rings. The summed E-state index contributed by atoms with van der Waals surface area (Å²) >= 11 is 0. The van der Waals surface area contributed by atoms with Crippen LogP contribution in [0.5, 0.6) is 0 Å². The Bertz CT molecular complexity index is 139. The lowest BCUT2D eigenvalue weighted by Gasteiger charge is -2.02. The van der Waals surface area contributed by atoms with Gasteiger partial charge in [0, 0.05) is 6.42 Å². The quantitative estimate of drug-likeness (QED) is 0.442. The van der Waals surface area contributed by atoms with E-state index in [1.807, 2.05) is 0 Å². The second kappa shape index (κ2) is 4.18. The maximum atomic E-state index is 11.3. The molecule has 0 bridgehead atoms. The minimum atomic E-state index is -4.30. The third kappa shape index (κ3) is 7.31. The van der Waals surface area contributed by atoms with Gasteiger partial charge in [0.15, 0.2) is 0 Å². The molecule has 4 heteroatoms. The number of alkyl halides is 3. The van der Waals surface area contributed by atoms with Crippen LogP contribution in [0, 0.1) is 11.8 Å². The van der Waals surface area contributed by atoms with Crippen LogP contribution in [0.2, 0.25) is 0 Å². The third-order valence-electron chi connectivity index (χ3n) is 0.679. The van der Waals surface area contributed by atoms with Gasteiger partial charge >= 0.3 is 6.30 Å². The van der Waals surface area contributed by atoms with E-state index in [4.69, 9.17) is 0 Å². The minimum Gasteiger partial charge on any atom is -0.217 e. The van der Waals surface area contributed by atoms with Gasteiger partial charge in [0.2, 0.25) is 0 Å². The lowest BCUT2D eigenvalue weighted by molar-refractivity contribution is -0.154. The minimum absolute atomic E-state index is 0.322. The number of hydrogen-bond acceptors (Lipinski definition) is 1. The maximum absolute atomic E-state index is 11.3. The van der Waals surface area contributed by atoms with Gasteiger partial charge in [-0.05, 0) is 0 Å². The zero-order valence-electron chi connectivity index (χ0n) is 5.55. The molecule has 0 aromatic carbocycles. The maximum Gasteiger partial charge on any atom is 0.458 e. The van der Waals surface area contributed by atoms with Crippen molar-refractivity contribution in [1.29, 1.82) is 0 Å². The highest BCUT2D eigenvalue weighted by atomic mass is 19.4. The molecule has 58 valence electrons. The van der Waals surface area contributed by atoms with Gasteiger partial charge in [-0.1, -0.05) is 12.8 Å². The molecule has 0 atom stereocenters. The van der Waals surface area contributed by atoms with E-state index in [1.165, 1.54) is 5.32 Å². The highest BCUT2D eigenvalue weighted by molar-refractivity contribution is 4.99. The zero-order chi connectivity index (χ0) is 8.04. The summed E-state index contributed by atoms with van der Waals surface area (Å²) in [4.78, 5) is 0. The van der Waals surface area contributed by atoms with E-state index >= 15 is 0 Å². The zero-order valence-corrected chi connectivity index (χ0v) is 5.55. The molecule has 10 heavy (non-hydrogen) atoms. The van der Waals surface area contributed by atoms with Crippen LogP contribution in [0.4, 0.5) is 13.2 Å². The Morgan fingerprint density at radius 3 is 2.30 bits per heavy atom. The summed E-state index contributed by atoms with van der Waals surface area (Å²) in [5.41, 5.74) is 0. The predicted molar refractivity (Wildman–Crippen MR) is 32.1 cm³/mol. The number of halogens is 3. The smallest absolute Gasteiger partial charge is 0.217 e. The van der Waals surface area contributed by atoms with Gasteiger partial charge in [-0.15, -0.1) is 5.92 Å². The molecule has 0 aromatic rings. The first-order valence-corrected chi connectivity index (χ1v) is 2.83. The molecular weight excluding hydrogens is 143 g/mol. The van der Waals surface area contributed by atoms with Gasteiger partial charge in [0.25, 0.3) is 0 Å². The molecule has 0 saturated heterocycles. The Morgan fingerprint density at radius 2 is 1.90 bits per heavy atom. The van der Waals surface area contributed by atoms with Crippen LogP contribution in [0.1, 0.15) is 13.3 Å². The lowest BCUT2D eigenvalue weighted by atomic mass is 10.5. The first kappa shape index (κ1) is 9.31. The van der Waals surface area contributed by atoms with Crippen molar-refractivity contribution in [3.05, 3.63) is 0 Å². The van der Waals surface area contributed by atoms with Crippen LogP contribution in [0.15, 0.2) is 0 Å². The third-order valence-corrected chi connectivity index (χ3v) is 0.679. The van der Waals surface area contributed by atoms with Gasteiger partial charge in [-0.25, -0.2) is 5.32 Å². The van der Waals surface area contributed by atoms with Crippen molar-refractivity contribution < 1.29 is 13.2 Å². The molecule has 0 amide bonds. The standard InChI is InChI=1S/C6H8F3N/c1-2-3-4-5-10-6(7,8)9/h10H,2,5H2,1H3. The van der Waals surface area contributed by atoms with Gasteiger partial charge in [-0.2, -0.15) is 13.2 Å². The molecule has 0 radical (unpaired) electrons. The second-order valence-corrected chi connectivity index (χ2v) is 1.56. The summed E-state index contributed by atoms with van der Waals surface area (Å²) in [7, 11) is 0. The van der Waals surface area contributed by atoms with E-state index in [0.29, 0.717) is 6.42 Å². The van der Waals surface area contributed by atoms with E-state index in [9.17, 15) is 13.2 Å². The molecule has 0 unspecified atom stereocenters. The van der Waals surface area contributed by atoms with Gasteiger partial charge in [0.1, 0.15) is 0 Å². The predicted octanol–water partition coefficient (Wildman–Crippen LogP) is 1.51. The Hall–Kier alpha value is -0.690. The fraction of sp³-hybridized carbons (Fsp3) is 0.667. The first-order chi connectivity index (χ1) is 4.56. The number of rotatable bonds is 1. The molecule has 0 aromatic heterocycles. The topological polar surface area (TPSA) is 12.0 Å². The van der Waals surface area contributed by atoms with Crippen LogP contribution >= 0.6 is 0 Å². The fourth-order valence-corrected chi connectivity index (χ4v) is 0.332. The van der Waals surface area contributed by atoms with Crippen molar-refractivity contribution in [3.8, 4) is 11.8 Å². The summed E-state index contributed by atoms with van der Waals surface area (Å²) in [6.45, 7) is 1.46. The average molecular weight is 151 g/mol. The number of hydrogen-bond donors (Lipinski definition) is 1. The van der Waals surface area contributed by atoms with Crippen LogP contribution in [0.3, 0.4) is 0 Å². The monoisotopic (exact) mass is 151 g/mol. The first-order valence-electron chi connectivity index (χ1n) is 2.83. The Labute approximate surface area is 57.6 Å². The van der Waals surface area contributed by atoms with Crippen LogP contribution < -0.4 is 5.32 Å². The van der Waals surface area contributed by atoms with Crippen molar-refractivity contribution in [2.75, 3.05) is 6.54 Å². The van der Waals surface area contributed by atoms with Gasteiger partial charge in [-0.3, -0.25) is 0 Å². The van der Waals surface area contributed by atoms with Crippen LogP contribution in [-0.4, -0.2) is 12.8 Å². The van der Waals surface area contributed by atoms with E-state index in [-0.39, 0.29) is 6.54 Å². The highest BCUT2D eigenvalue weighted by Crippen LogP contribution is 2.07. The van der Waals surface area contributed by atoms with Crippen molar-refractivity contribution >= 4 is 0 Å². The normalized spacial score (nSPS) is 10.4. The van der Waals surface area contributed by atoms with E-state index in [1.54, 1.807) is 6.92 Å². The Balaban J connectivity index is 3.37. The molecule has 0 rings (SSSR count). The van der Waals surface area contributed by atoms with Gasteiger partial charge < -0.3 is 0 Å². The van der Waals surface area contributed by atoms with Crippen LogP contribution in [0.25, 0.3) is 0 Å². The lowest BCUT2D eigenvalue weighted by Crippen LogP contribution is -2.31. The molecule has 1 nitrogen and oxygen atoms in total. The summed E-state index contributed by atoms with van der Waals surface area (Å²) < 4.78 is 33.9.